The molecule has 0 radical (unpaired) electrons. The maximum Gasteiger partial charge on any atom is 0.341 e. The zero-order valence-corrected chi connectivity index (χ0v) is 12.5. The van der Waals surface area contributed by atoms with Crippen LogP contribution in [0, 0.1) is 0 Å². The Labute approximate surface area is 124 Å². The van der Waals surface area contributed by atoms with Crippen LogP contribution in [0.2, 0.25) is 0 Å². The molecule has 0 saturated heterocycles. The summed E-state index contributed by atoms with van der Waals surface area (Å²) in [5.74, 6) is -0.349. The molecule has 2 N–H and O–H groups in total. The number of carbonyl (C=O) groups is 2. The number of rotatable bonds is 8. The van der Waals surface area contributed by atoms with E-state index in [1.807, 2.05) is 0 Å². The summed E-state index contributed by atoms with van der Waals surface area (Å²) >= 11 is 0. The van der Waals surface area contributed by atoms with Crippen LogP contribution < -0.4 is 10.6 Å². The minimum Gasteiger partial charge on any atom is -0.462 e. The highest BCUT2D eigenvalue weighted by atomic mass is 16.5. The van der Waals surface area contributed by atoms with Crippen LogP contribution in [-0.4, -0.2) is 49.8 Å². The maximum absolute atomic E-state index is 11.9. The van der Waals surface area contributed by atoms with E-state index >= 15 is 0 Å². The molecular weight excluding hydrogens is 274 g/mol. The first-order valence-electron chi connectivity index (χ1n) is 6.75. The molecule has 0 fully saturated rings. The smallest absolute Gasteiger partial charge is 0.341 e. The standard InChI is InChI=1S/C14H21N3O4/c1-4-21-14(19)11-6-5-7-15-12(11)17-10(2)13(18)16-8-9-20-3/h5-7,10H,4,8-9H2,1-3H3,(H,15,17)(H,16,18). The van der Waals surface area contributed by atoms with Gasteiger partial charge in [0.2, 0.25) is 5.91 Å². The summed E-state index contributed by atoms with van der Waals surface area (Å²) < 4.78 is 9.81. The molecule has 0 bridgehead atoms. The second-order valence-electron chi connectivity index (χ2n) is 4.27. The normalized spacial score (nSPS) is 11.6. The van der Waals surface area contributed by atoms with Crippen molar-refractivity contribution in [3.63, 3.8) is 0 Å². The largest absolute Gasteiger partial charge is 0.462 e. The van der Waals surface area contributed by atoms with Gasteiger partial charge < -0.3 is 20.1 Å². The van der Waals surface area contributed by atoms with Crippen LogP contribution in [0.25, 0.3) is 0 Å². The molecule has 7 nitrogen and oxygen atoms in total. The van der Waals surface area contributed by atoms with Crippen molar-refractivity contribution in [3.8, 4) is 0 Å². The van der Waals surface area contributed by atoms with Crippen molar-refractivity contribution < 1.29 is 19.1 Å². The van der Waals surface area contributed by atoms with Gasteiger partial charge in [-0.15, -0.1) is 0 Å². The van der Waals surface area contributed by atoms with Gasteiger partial charge in [0.05, 0.1) is 13.2 Å². The highest BCUT2D eigenvalue weighted by Gasteiger charge is 2.18. The Morgan fingerprint density at radius 1 is 1.43 bits per heavy atom. The predicted molar refractivity (Wildman–Crippen MR) is 78.2 cm³/mol. The van der Waals surface area contributed by atoms with Crippen molar-refractivity contribution in [2.45, 2.75) is 19.9 Å². The second kappa shape index (κ2) is 8.91. The average Bonchev–Trinajstić information content (AvgIpc) is 2.48. The number of esters is 1. The highest BCUT2D eigenvalue weighted by molar-refractivity contribution is 5.95. The Morgan fingerprint density at radius 2 is 2.19 bits per heavy atom. The van der Waals surface area contributed by atoms with E-state index in [0.29, 0.717) is 24.5 Å². The quantitative estimate of drug-likeness (QED) is 0.545. The van der Waals surface area contributed by atoms with Crippen molar-refractivity contribution in [1.29, 1.82) is 0 Å². The summed E-state index contributed by atoms with van der Waals surface area (Å²) in [7, 11) is 1.56. The summed E-state index contributed by atoms with van der Waals surface area (Å²) in [6, 6.07) is 2.70. The fourth-order valence-electron chi connectivity index (χ4n) is 1.59. The molecule has 1 rings (SSSR count). The SMILES string of the molecule is CCOC(=O)c1cccnc1NC(C)C(=O)NCCOC. The third-order valence-corrected chi connectivity index (χ3v) is 2.65. The molecule has 0 aliphatic carbocycles. The van der Waals surface area contributed by atoms with Crippen molar-refractivity contribution in [1.82, 2.24) is 10.3 Å². The number of aromatic nitrogens is 1. The monoisotopic (exact) mass is 295 g/mol. The molecule has 7 heteroatoms. The molecule has 0 aliphatic heterocycles. The molecule has 1 aromatic rings. The highest BCUT2D eigenvalue weighted by Crippen LogP contribution is 2.14. The molecule has 1 aromatic heterocycles. The van der Waals surface area contributed by atoms with Crippen molar-refractivity contribution in [3.05, 3.63) is 23.9 Å². The van der Waals surface area contributed by atoms with E-state index in [4.69, 9.17) is 9.47 Å². The number of carbonyl (C=O) groups excluding carboxylic acids is 2. The third kappa shape index (κ3) is 5.39. The topological polar surface area (TPSA) is 89.5 Å². The first-order valence-corrected chi connectivity index (χ1v) is 6.75. The second-order valence-corrected chi connectivity index (χ2v) is 4.27. The number of hydrogen-bond donors (Lipinski definition) is 2. The molecule has 21 heavy (non-hydrogen) atoms. The lowest BCUT2D eigenvalue weighted by Gasteiger charge is -2.16. The molecule has 0 aliphatic rings. The zero-order chi connectivity index (χ0) is 15.7. The molecule has 1 amide bonds. The van der Waals surface area contributed by atoms with Crippen LogP contribution >= 0.6 is 0 Å². The Bertz CT molecular complexity index is 479. The Morgan fingerprint density at radius 3 is 2.86 bits per heavy atom. The number of ether oxygens (including phenoxy) is 2. The Kier molecular flexibility index (Phi) is 7.17. The van der Waals surface area contributed by atoms with E-state index in [1.54, 1.807) is 39.3 Å². The van der Waals surface area contributed by atoms with Gasteiger partial charge in [0.25, 0.3) is 0 Å². The van der Waals surface area contributed by atoms with Gasteiger partial charge in [-0.2, -0.15) is 0 Å². The summed E-state index contributed by atoms with van der Waals surface area (Å²) in [5.41, 5.74) is 0.302. The Hall–Kier alpha value is -2.15. The van der Waals surface area contributed by atoms with Gasteiger partial charge in [0.15, 0.2) is 0 Å². The number of nitrogens with one attached hydrogen (secondary N) is 2. The number of hydrogen-bond acceptors (Lipinski definition) is 6. The van der Waals surface area contributed by atoms with Crippen LogP contribution in [0.4, 0.5) is 5.82 Å². The number of nitrogens with zero attached hydrogens (tertiary/aromatic N) is 1. The van der Waals surface area contributed by atoms with Crippen LogP contribution in [0.1, 0.15) is 24.2 Å². The number of pyridine rings is 1. The van der Waals surface area contributed by atoms with E-state index in [9.17, 15) is 9.59 Å². The van der Waals surface area contributed by atoms with Gasteiger partial charge in [0, 0.05) is 19.9 Å². The fraction of sp³-hybridized carbons (Fsp3) is 0.500. The van der Waals surface area contributed by atoms with E-state index in [2.05, 4.69) is 15.6 Å². The lowest BCUT2D eigenvalue weighted by molar-refractivity contribution is -0.121. The average molecular weight is 295 g/mol. The lowest BCUT2D eigenvalue weighted by Crippen LogP contribution is -2.39. The maximum atomic E-state index is 11.9. The van der Waals surface area contributed by atoms with Gasteiger partial charge in [-0.25, -0.2) is 9.78 Å². The van der Waals surface area contributed by atoms with Crippen molar-refractivity contribution in [2.24, 2.45) is 0 Å². The number of amides is 1. The van der Waals surface area contributed by atoms with E-state index in [-0.39, 0.29) is 12.5 Å². The number of anilines is 1. The van der Waals surface area contributed by atoms with Gasteiger partial charge in [-0.3, -0.25) is 4.79 Å². The molecule has 1 atom stereocenters. The first kappa shape index (κ1) is 16.9. The summed E-state index contributed by atoms with van der Waals surface area (Å²) in [6.45, 7) is 4.56. The molecule has 0 spiro atoms. The summed E-state index contributed by atoms with van der Waals surface area (Å²) in [4.78, 5) is 27.7. The van der Waals surface area contributed by atoms with E-state index < -0.39 is 12.0 Å². The lowest BCUT2D eigenvalue weighted by atomic mass is 10.2. The number of methoxy groups -OCH3 is 1. The molecule has 0 aromatic carbocycles. The minimum absolute atomic E-state index is 0.201. The molecule has 1 unspecified atom stereocenters. The van der Waals surface area contributed by atoms with Gasteiger partial charge in [-0.1, -0.05) is 0 Å². The van der Waals surface area contributed by atoms with E-state index in [0.717, 1.165) is 0 Å². The van der Waals surface area contributed by atoms with Crippen molar-refractivity contribution >= 4 is 17.7 Å². The summed E-state index contributed by atoms with van der Waals surface area (Å²) in [5, 5.41) is 5.62. The van der Waals surface area contributed by atoms with Gasteiger partial charge in [0.1, 0.15) is 17.4 Å². The van der Waals surface area contributed by atoms with Crippen LogP contribution in [0.15, 0.2) is 18.3 Å². The molecule has 116 valence electrons. The fourth-order valence-corrected chi connectivity index (χ4v) is 1.59. The third-order valence-electron chi connectivity index (χ3n) is 2.65. The predicted octanol–water partition coefficient (Wildman–Crippen LogP) is 0.821. The molecule has 1 heterocycles. The van der Waals surface area contributed by atoms with Crippen LogP contribution in [0.5, 0.6) is 0 Å². The minimum atomic E-state index is -0.537. The molecule has 0 saturated carbocycles. The zero-order valence-electron chi connectivity index (χ0n) is 12.5. The first-order chi connectivity index (χ1) is 10.1. The molecular formula is C14H21N3O4. The van der Waals surface area contributed by atoms with Gasteiger partial charge in [-0.05, 0) is 26.0 Å². The Balaban J connectivity index is 2.69. The van der Waals surface area contributed by atoms with Crippen molar-refractivity contribution in [2.75, 3.05) is 32.2 Å². The van der Waals surface area contributed by atoms with Crippen LogP contribution in [-0.2, 0) is 14.3 Å². The van der Waals surface area contributed by atoms with Crippen LogP contribution in [0.3, 0.4) is 0 Å². The van der Waals surface area contributed by atoms with Gasteiger partial charge >= 0.3 is 5.97 Å². The van der Waals surface area contributed by atoms with E-state index in [1.165, 1.54) is 0 Å². The summed E-state index contributed by atoms with van der Waals surface area (Å²) in [6.07, 6.45) is 1.54.